The quantitative estimate of drug-likeness (QED) is 0.161. The van der Waals surface area contributed by atoms with Crippen LogP contribution in [0.25, 0.3) is 66.1 Å². The maximum Gasteiger partial charge on any atom is 0.143 e. The SMILES string of the molecule is CC(C)(C)c1ccc(-c2ccccc2)c(N(c2ccc(-c3cccc4c3oc3ccccc34)cc2)c2ccccc2-c2cccc3cccc(C4CCCCC4)c23)c1. The Morgan fingerprint density at radius 2 is 1.16 bits per heavy atom. The highest BCUT2D eigenvalue weighted by Gasteiger charge is 2.26. The highest BCUT2D eigenvalue weighted by atomic mass is 16.3. The number of benzene rings is 8. The van der Waals surface area contributed by atoms with E-state index in [4.69, 9.17) is 4.42 Å². The van der Waals surface area contributed by atoms with Gasteiger partial charge in [0.1, 0.15) is 11.2 Å². The fraction of sp³-hybridized carbons (Fsp3) is 0.179. The molecule has 0 saturated heterocycles. The molecular weight excluding hydrogens is 703 g/mol. The Bertz CT molecular complexity index is 2900. The fourth-order valence-corrected chi connectivity index (χ4v) is 9.46. The van der Waals surface area contributed by atoms with Crippen molar-refractivity contribution in [2.45, 2.75) is 64.2 Å². The van der Waals surface area contributed by atoms with Crippen LogP contribution in [-0.4, -0.2) is 0 Å². The maximum absolute atomic E-state index is 6.51. The summed E-state index contributed by atoms with van der Waals surface area (Å²) in [4.78, 5) is 2.51. The number of para-hydroxylation sites is 3. The molecule has 1 heterocycles. The highest BCUT2D eigenvalue weighted by molar-refractivity contribution is 6.10. The van der Waals surface area contributed by atoms with E-state index in [1.807, 2.05) is 6.07 Å². The van der Waals surface area contributed by atoms with Crippen molar-refractivity contribution in [1.29, 1.82) is 0 Å². The second kappa shape index (κ2) is 14.8. The molecule has 0 radical (unpaired) electrons. The third-order valence-electron chi connectivity index (χ3n) is 12.4. The minimum Gasteiger partial charge on any atom is -0.455 e. The van der Waals surface area contributed by atoms with Gasteiger partial charge in [-0.3, -0.25) is 0 Å². The lowest BCUT2D eigenvalue weighted by molar-refractivity contribution is 0.445. The standard InChI is InChI=1S/C56H49NO/c1-56(2,3)42-33-36-44(38-17-6-4-7-18-38)52(37-42)57(43-34-31-40(32-35-43)46-26-16-28-50-48-24-11-13-30-53(48)58-55(46)50)51-29-12-10-23-47(51)49-27-15-22-41-21-14-25-45(54(41)49)39-19-8-5-9-20-39/h4,6-7,10-18,21-37,39H,5,8-9,19-20H2,1-3H3. The molecule has 0 unspecified atom stereocenters. The van der Waals surface area contributed by atoms with Crippen LogP contribution in [0.15, 0.2) is 180 Å². The van der Waals surface area contributed by atoms with Crippen molar-refractivity contribution in [3.8, 4) is 33.4 Å². The highest BCUT2D eigenvalue weighted by Crippen LogP contribution is 2.49. The van der Waals surface area contributed by atoms with Gasteiger partial charge in [-0.25, -0.2) is 0 Å². The van der Waals surface area contributed by atoms with E-state index in [1.165, 1.54) is 76.3 Å². The van der Waals surface area contributed by atoms with E-state index >= 15 is 0 Å². The Hall–Kier alpha value is -6.38. The Balaban J connectivity index is 1.21. The van der Waals surface area contributed by atoms with E-state index in [0.29, 0.717) is 5.92 Å². The number of fused-ring (bicyclic) bond motifs is 4. The predicted molar refractivity (Wildman–Crippen MR) is 247 cm³/mol. The number of hydrogen-bond acceptors (Lipinski definition) is 2. The van der Waals surface area contributed by atoms with Crippen molar-refractivity contribution >= 4 is 49.8 Å². The second-order valence-electron chi connectivity index (χ2n) is 17.1. The van der Waals surface area contributed by atoms with Crippen molar-refractivity contribution in [1.82, 2.24) is 0 Å². The third-order valence-corrected chi connectivity index (χ3v) is 12.4. The molecule has 58 heavy (non-hydrogen) atoms. The minimum absolute atomic E-state index is 0.0468. The van der Waals surface area contributed by atoms with Crippen LogP contribution in [0.2, 0.25) is 0 Å². The number of anilines is 3. The number of hydrogen-bond donors (Lipinski definition) is 0. The molecule has 0 atom stereocenters. The summed E-state index contributed by atoms with van der Waals surface area (Å²) in [5.74, 6) is 0.582. The molecule has 284 valence electrons. The average Bonchev–Trinajstić information content (AvgIpc) is 3.66. The van der Waals surface area contributed by atoms with E-state index < -0.39 is 0 Å². The van der Waals surface area contributed by atoms with Gasteiger partial charge in [0.15, 0.2) is 0 Å². The van der Waals surface area contributed by atoms with Gasteiger partial charge in [-0.15, -0.1) is 0 Å². The second-order valence-corrected chi connectivity index (χ2v) is 17.1. The number of nitrogens with zero attached hydrogens (tertiary/aromatic N) is 1. The zero-order valence-electron chi connectivity index (χ0n) is 33.7. The molecule has 10 rings (SSSR count). The molecule has 0 spiro atoms. The predicted octanol–water partition coefficient (Wildman–Crippen LogP) is 16.6. The summed E-state index contributed by atoms with van der Waals surface area (Å²) in [5, 5.41) is 4.99. The van der Waals surface area contributed by atoms with Crippen molar-refractivity contribution in [2.24, 2.45) is 0 Å². The van der Waals surface area contributed by atoms with Gasteiger partial charge < -0.3 is 9.32 Å². The molecule has 0 bridgehead atoms. The topological polar surface area (TPSA) is 16.4 Å². The van der Waals surface area contributed by atoms with Gasteiger partial charge in [-0.05, 0) is 93.1 Å². The molecule has 2 nitrogen and oxygen atoms in total. The molecule has 0 aliphatic heterocycles. The van der Waals surface area contributed by atoms with Crippen molar-refractivity contribution < 1.29 is 4.42 Å². The monoisotopic (exact) mass is 751 g/mol. The van der Waals surface area contributed by atoms with Crippen LogP contribution < -0.4 is 4.90 Å². The zero-order chi connectivity index (χ0) is 39.2. The van der Waals surface area contributed by atoms with Crippen LogP contribution in [0.4, 0.5) is 17.1 Å². The molecule has 0 amide bonds. The van der Waals surface area contributed by atoms with Crippen LogP contribution in [0.1, 0.15) is 69.9 Å². The van der Waals surface area contributed by atoms with Gasteiger partial charge in [0.05, 0.1) is 11.4 Å². The molecule has 1 saturated carbocycles. The van der Waals surface area contributed by atoms with Gasteiger partial charge in [-0.2, -0.15) is 0 Å². The molecule has 1 aliphatic carbocycles. The summed E-state index contributed by atoms with van der Waals surface area (Å²) in [6.07, 6.45) is 6.47. The number of rotatable bonds is 7. The van der Waals surface area contributed by atoms with Crippen LogP contribution in [-0.2, 0) is 5.41 Å². The summed E-state index contributed by atoms with van der Waals surface area (Å²) in [5.41, 5.74) is 15.1. The molecule has 8 aromatic carbocycles. The van der Waals surface area contributed by atoms with Crippen LogP contribution in [0.3, 0.4) is 0 Å². The Kier molecular flexibility index (Phi) is 9.21. The van der Waals surface area contributed by atoms with Gasteiger partial charge in [-0.1, -0.05) is 186 Å². The molecule has 2 heteroatoms. The third kappa shape index (κ3) is 6.47. The van der Waals surface area contributed by atoms with E-state index in [-0.39, 0.29) is 5.41 Å². The summed E-state index contributed by atoms with van der Waals surface area (Å²) in [6, 6.07) is 64.8. The first kappa shape index (κ1) is 36.0. The van der Waals surface area contributed by atoms with Crippen LogP contribution >= 0.6 is 0 Å². The van der Waals surface area contributed by atoms with Crippen molar-refractivity contribution in [3.05, 3.63) is 187 Å². The van der Waals surface area contributed by atoms with E-state index in [0.717, 1.165) is 50.1 Å². The van der Waals surface area contributed by atoms with Gasteiger partial charge in [0.2, 0.25) is 0 Å². The smallest absolute Gasteiger partial charge is 0.143 e. The molecule has 9 aromatic rings. The Morgan fingerprint density at radius 1 is 0.500 bits per heavy atom. The number of furan rings is 1. The first-order chi connectivity index (χ1) is 28.4. The Morgan fingerprint density at radius 3 is 1.97 bits per heavy atom. The van der Waals surface area contributed by atoms with Crippen molar-refractivity contribution in [3.63, 3.8) is 0 Å². The lowest BCUT2D eigenvalue weighted by Crippen LogP contribution is -2.16. The van der Waals surface area contributed by atoms with E-state index in [2.05, 4.69) is 196 Å². The van der Waals surface area contributed by atoms with Crippen LogP contribution in [0.5, 0.6) is 0 Å². The van der Waals surface area contributed by atoms with E-state index in [9.17, 15) is 0 Å². The molecule has 1 aliphatic rings. The first-order valence-electron chi connectivity index (χ1n) is 21.0. The molecule has 1 fully saturated rings. The average molecular weight is 752 g/mol. The normalized spacial score (nSPS) is 13.7. The zero-order valence-corrected chi connectivity index (χ0v) is 33.7. The summed E-state index contributed by atoms with van der Waals surface area (Å²) in [7, 11) is 0. The lowest BCUT2D eigenvalue weighted by Gasteiger charge is -2.32. The maximum atomic E-state index is 6.51. The largest absolute Gasteiger partial charge is 0.455 e. The van der Waals surface area contributed by atoms with Gasteiger partial charge in [0.25, 0.3) is 0 Å². The van der Waals surface area contributed by atoms with E-state index in [1.54, 1.807) is 0 Å². The lowest BCUT2D eigenvalue weighted by atomic mass is 9.80. The minimum atomic E-state index is -0.0468. The summed E-state index contributed by atoms with van der Waals surface area (Å²) < 4.78 is 6.51. The Labute approximate surface area is 342 Å². The van der Waals surface area contributed by atoms with Crippen molar-refractivity contribution in [2.75, 3.05) is 4.90 Å². The molecule has 0 N–H and O–H groups in total. The molecule has 1 aromatic heterocycles. The van der Waals surface area contributed by atoms with Gasteiger partial charge in [0, 0.05) is 33.2 Å². The van der Waals surface area contributed by atoms with Crippen LogP contribution in [0, 0.1) is 0 Å². The summed E-state index contributed by atoms with van der Waals surface area (Å²) in [6.45, 7) is 6.93. The molecular formula is C56H49NO. The summed E-state index contributed by atoms with van der Waals surface area (Å²) >= 11 is 0. The first-order valence-corrected chi connectivity index (χ1v) is 21.0. The fourth-order valence-electron chi connectivity index (χ4n) is 9.46. The van der Waals surface area contributed by atoms with Gasteiger partial charge >= 0.3 is 0 Å².